The summed E-state index contributed by atoms with van der Waals surface area (Å²) in [6.07, 6.45) is 1.09. The van der Waals surface area contributed by atoms with Crippen LogP contribution < -0.4 is 10.5 Å². The van der Waals surface area contributed by atoms with Gasteiger partial charge in [0.2, 0.25) is 0 Å². The van der Waals surface area contributed by atoms with Crippen molar-refractivity contribution in [2.45, 2.75) is 44.6 Å². The average molecular weight is 415 g/mol. The molecule has 2 aromatic carbocycles. The molecule has 140 valence electrons. The number of carbonyl (C=O) groups excluding carboxylic acids is 1. The predicted octanol–water partition coefficient (Wildman–Crippen LogP) is 6.03. The molecule has 0 saturated carbocycles. The van der Waals surface area contributed by atoms with Gasteiger partial charge < -0.3 is 10.5 Å². The van der Waals surface area contributed by atoms with Crippen LogP contribution in [0.2, 0.25) is 15.1 Å². The van der Waals surface area contributed by atoms with Crippen LogP contribution in [0.4, 0.5) is 0 Å². The number of halogens is 3. The molecule has 0 heterocycles. The van der Waals surface area contributed by atoms with E-state index in [-0.39, 0.29) is 0 Å². The first-order valence-electron chi connectivity index (χ1n) is 8.30. The van der Waals surface area contributed by atoms with Gasteiger partial charge in [-0.05, 0) is 60.7 Å². The molecule has 0 aliphatic rings. The van der Waals surface area contributed by atoms with Gasteiger partial charge >= 0.3 is 0 Å². The molecule has 0 fully saturated rings. The first-order chi connectivity index (χ1) is 12.1. The van der Waals surface area contributed by atoms with Crippen LogP contribution in [0.1, 0.15) is 39.2 Å². The van der Waals surface area contributed by atoms with E-state index in [1.54, 1.807) is 43.3 Å². The van der Waals surface area contributed by atoms with E-state index in [1.807, 2.05) is 19.9 Å². The van der Waals surface area contributed by atoms with Gasteiger partial charge in [-0.1, -0.05) is 54.7 Å². The summed E-state index contributed by atoms with van der Waals surface area (Å²) < 4.78 is 6.00. The van der Waals surface area contributed by atoms with Crippen LogP contribution in [-0.4, -0.2) is 11.5 Å². The maximum absolute atomic E-state index is 12.3. The maximum Gasteiger partial charge on any atom is 0.261 e. The topological polar surface area (TPSA) is 52.3 Å². The second kappa shape index (κ2) is 8.08. The number of carbonyl (C=O) groups is 1. The minimum Gasteiger partial charge on any atom is -0.478 e. The highest BCUT2D eigenvalue weighted by atomic mass is 35.5. The number of amides is 1. The summed E-state index contributed by atoms with van der Waals surface area (Å²) in [7, 11) is 0. The molecule has 0 bridgehead atoms. The number of hydrogen-bond donors (Lipinski definition) is 1. The fraction of sp³-hybridized carbons (Fsp3) is 0.350. The van der Waals surface area contributed by atoms with Crippen molar-refractivity contribution in [2.75, 3.05) is 0 Å². The van der Waals surface area contributed by atoms with Gasteiger partial charge in [-0.25, -0.2) is 0 Å². The van der Waals surface area contributed by atoms with E-state index in [1.165, 1.54) is 0 Å². The summed E-state index contributed by atoms with van der Waals surface area (Å²) in [4.78, 5) is 12.3. The Morgan fingerprint density at radius 1 is 1.04 bits per heavy atom. The van der Waals surface area contributed by atoms with Crippen molar-refractivity contribution in [3.05, 3.63) is 63.1 Å². The van der Waals surface area contributed by atoms with Crippen LogP contribution >= 0.6 is 34.8 Å². The van der Waals surface area contributed by atoms with Crippen molar-refractivity contribution >= 4 is 40.7 Å². The quantitative estimate of drug-likeness (QED) is 0.601. The molecule has 2 aromatic rings. The Morgan fingerprint density at radius 2 is 1.62 bits per heavy atom. The molecule has 6 heteroatoms. The number of rotatable bonds is 7. The lowest BCUT2D eigenvalue weighted by atomic mass is 9.72. The van der Waals surface area contributed by atoms with E-state index in [4.69, 9.17) is 45.3 Å². The molecule has 3 nitrogen and oxygen atoms in total. The van der Waals surface area contributed by atoms with Gasteiger partial charge in [-0.2, -0.15) is 0 Å². The highest BCUT2D eigenvalue weighted by molar-refractivity contribution is 6.35. The molecule has 0 aliphatic heterocycles. The van der Waals surface area contributed by atoms with Gasteiger partial charge in [0.05, 0.1) is 0 Å². The van der Waals surface area contributed by atoms with Crippen molar-refractivity contribution in [2.24, 2.45) is 5.73 Å². The predicted molar refractivity (Wildman–Crippen MR) is 108 cm³/mol. The van der Waals surface area contributed by atoms with Crippen molar-refractivity contribution < 1.29 is 9.53 Å². The molecule has 2 N–H and O–H groups in total. The largest absolute Gasteiger partial charge is 0.478 e. The number of nitrogens with two attached hydrogens (primary N) is 1. The van der Waals surface area contributed by atoms with Crippen LogP contribution in [0.25, 0.3) is 0 Å². The highest BCUT2D eigenvalue weighted by Gasteiger charge is 2.42. The Kier molecular flexibility index (Phi) is 6.49. The fourth-order valence-corrected chi connectivity index (χ4v) is 3.83. The summed E-state index contributed by atoms with van der Waals surface area (Å²) in [5, 5.41) is 1.71. The molecule has 0 saturated heterocycles. The standard InChI is InChI=1S/C20H22Cl3NO2/c1-4-19(2,16-10-7-14(22)11-17(16)23)12-20(3,18(24)25)26-15-8-5-13(21)6-9-15/h5-11H,4,12H2,1-3H3,(H2,24,25). The van der Waals surface area contributed by atoms with E-state index < -0.39 is 16.9 Å². The summed E-state index contributed by atoms with van der Waals surface area (Å²) in [6, 6.07) is 12.2. The second-order valence-electron chi connectivity index (χ2n) is 6.87. The summed E-state index contributed by atoms with van der Waals surface area (Å²) >= 11 is 18.4. The second-order valence-corrected chi connectivity index (χ2v) is 8.15. The smallest absolute Gasteiger partial charge is 0.261 e. The summed E-state index contributed by atoms with van der Waals surface area (Å²) in [6.45, 7) is 5.77. The van der Waals surface area contributed by atoms with E-state index in [2.05, 4.69) is 0 Å². The van der Waals surface area contributed by atoms with Crippen molar-refractivity contribution in [3.8, 4) is 5.75 Å². The van der Waals surface area contributed by atoms with Gasteiger partial charge in [0, 0.05) is 21.5 Å². The van der Waals surface area contributed by atoms with Crippen LogP contribution in [0.5, 0.6) is 5.75 Å². The van der Waals surface area contributed by atoms with Gasteiger partial charge in [-0.15, -0.1) is 0 Å². The Bertz CT molecular complexity index is 794. The lowest BCUT2D eigenvalue weighted by Gasteiger charge is -2.38. The van der Waals surface area contributed by atoms with Crippen molar-refractivity contribution in [3.63, 3.8) is 0 Å². The maximum atomic E-state index is 12.3. The molecule has 2 unspecified atom stereocenters. The first-order valence-corrected chi connectivity index (χ1v) is 9.43. The van der Waals surface area contributed by atoms with E-state index in [0.717, 1.165) is 12.0 Å². The fourth-order valence-electron chi connectivity index (χ4n) is 3.07. The Balaban J connectivity index is 2.39. The molecule has 0 radical (unpaired) electrons. The molecule has 0 aromatic heterocycles. The molecule has 1 amide bonds. The van der Waals surface area contributed by atoms with Gasteiger partial charge in [0.15, 0.2) is 5.60 Å². The van der Waals surface area contributed by atoms with E-state index in [0.29, 0.717) is 27.2 Å². The third-order valence-corrected chi connectivity index (χ3v) is 5.57. The molecule has 2 rings (SSSR count). The van der Waals surface area contributed by atoms with Gasteiger partial charge in [0.25, 0.3) is 5.91 Å². The molecular formula is C20H22Cl3NO2. The van der Waals surface area contributed by atoms with Gasteiger partial charge in [0.1, 0.15) is 5.75 Å². The van der Waals surface area contributed by atoms with Crippen LogP contribution in [0, 0.1) is 0 Å². The Labute approximate surface area is 169 Å². The van der Waals surface area contributed by atoms with Gasteiger partial charge in [-0.3, -0.25) is 4.79 Å². The molecule has 2 atom stereocenters. The lowest BCUT2D eigenvalue weighted by molar-refractivity contribution is -0.133. The monoisotopic (exact) mass is 413 g/mol. The summed E-state index contributed by atoms with van der Waals surface area (Å²) in [5.41, 5.74) is 4.95. The number of ether oxygens (including phenoxy) is 1. The molecule has 0 aliphatic carbocycles. The van der Waals surface area contributed by atoms with Crippen LogP contribution in [-0.2, 0) is 10.2 Å². The molecular weight excluding hydrogens is 393 g/mol. The zero-order valence-corrected chi connectivity index (χ0v) is 17.3. The first kappa shape index (κ1) is 20.9. The zero-order valence-electron chi connectivity index (χ0n) is 15.0. The Hall–Kier alpha value is -1.42. The normalized spacial score (nSPS) is 15.8. The third kappa shape index (κ3) is 4.64. The minimum atomic E-state index is -1.22. The van der Waals surface area contributed by atoms with Crippen molar-refractivity contribution in [1.29, 1.82) is 0 Å². The lowest BCUT2D eigenvalue weighted by Crippen LogP contribution is -2.50. The zero-order chi connectivity index (χ0) is 19.5. The van der Waals surface area contributed by atoms with Crippen LogP contribution in [0.3, 0.4) is 0 Å². The molecule has 26 heavy (non-hydrogen) atoms. The van der Waals surface area contributed by atoms with Crippen molar-refractivity contribution in [1.82, 2.24) is 0 Å². The SMILES string of the molecule is CCC(C)(CC(C)(Oc1ccc(Cl)cc1)C(N)=O)c1ccc(Cl)cc1Cl. The third-order valence-electron chi connectivity index (χ3n) is 4.77. The van der Waals surface area contributed by atoms with E-state index in [9.17, 15) is 4.79 Å². The highest BCUT2D eigenvalue weighted by Crippen LogP contribution is 2.41. The number of hydrogen-bond acceptors (Lipinski definition) is 2. The average Bonchev–Trinajstić information content (AvgIpc) is 2.56. The number of primary amides is 1. The van der Waals surface area contributed by atoms with Crippen LogP contribution in [0.15, 0.2) is 42.5 Å². The number of benzene rings is 2. The Morgan fingerprint density at radius 3 is 2.12 bits per heavy atom. The molecule has 0 spiro atoms. The minimum absolute atomic E-state index is 0.357. The van der Waals surface area contributed by atoms with E-state index >= 15 is 0 Å². The summed E-state index contributed by atoms with van der Waals surface area (Å²) in [5.74, 6) is -0.0198.